The monoisotopic (exact) mass is 235 g/mol. The fraction of sp³-hybridized carbons (Fsp3) is 0.385. The van der Waals surface area contributed by atoms with E-state index in [0.29, 0.717) is 13.2 Å². The van der Waals surface area contributed by atoms with Gasteiger partial charge in [0.05, 0.1) is 0 Å². The van der Waals surface area contributed by atoms with Crippen molar-refractivity contribution in [3.05, 3.63) is 29.8 Å². The van der Waals surface area contributed by atoms with Crippen LogP contribution in [-0.2, 0) is 6.42 Å². The molecule has 0 spiro atoms. The van der Waals surface area contributed by atoms with Crippen molar-refractivity contribution in [2.75, 3.05) is 19.9 Å². The highest BCUT2D eigenvalue weighted by molar-refractivity contribution is 5.52. The lowest BCUT2D eigenvalue weighted by atomic mass is 10.1. The molecule has 4 nitrogen and oxygen atoms in total. The van der Waals surface area contributed by atoms with Crippen molar-refractivity contribution < 1.29 is 14.2 Å². The van der Waals surface area contributed by atoms with Gasteiger partial charge in [0.25, 0.3) is 0 Å². The smallest absolute Gasteiger partial charge is 0.231 e. The Balaban J connectivity index is 2.24. The van der Waals surface area contributed by atoms with Gasteiger partial charge in [0.15, 0.2) is 11.5 Å². The summed E-state index contributed by atoms with van der Waals surface area (Å²) in [5.74, 6) is 2.28. The molecule has 1 aliphatic heterocycles. The van der Waals surface area contributed by atoms with Crippen LogP contribution in [0.4, 0.5) is 0 Å². The zero-order valence-electron chi connectivity index (χ0n) is 9.99. The summed E-state index contributed by atoms with van der Waals surface area (Å²) in [6, 6.07) is 3.79. The third kappa shape index (κ3) is 2.71. The topological polar surface area (TPSA) is 53.7 Å². The third-order valence-corrected chi connectivity index (χ3v) is 2.44. The van der Waals surface area contributed by atoms with Gasteiger partial charge in [-0.05, 0) is 37.1 Å². The van der Waals surface area contributed by atoms with Crippen molar-refractivity contribution in [1.82, 2.24) is 0 Å². The van der Waals surface area contributed by atoms with Gasteiger partial charge < -0.3 is 19.9 Å². The van der Waals surface area contributed by atoms with E-state index in [1.807, 2.05) is 19.1 Å². The standard InChI is InChI=1S/C13H17NO3/c1-9(2)7-15-11-6-13-12(16-8-17-13)5-10(11)3-4-14/h5-6H,1,3-4,7-8,14H2,2H3. The number of ether oxygens (including phenoxy) is 3. The average Bonchev–Trinajstić information content (AvgIpc) is 2.73. The third-order valence-electron chi connectivity index (χ3n) is 2.44. The van der Waals surface area contributed by atoms with Gasteiger partial charge in [-0.15, -0.1) is 0 Å². The lowest BCUT2D eigenvalue weighted by Crippen LogP contribution is -2.06. The van der Waals surface area contributed by atoms with Crippen LogP contribution in [0.25, 0.3) is 0 Å². The van der Waals surface area contributed by atoms with Gasteiger partial charge in [0.1, 0.15) is 12.4 Å². The molecule has 17 heavy (non-hydrogen) atoms. The van der Waals surface area contributed by atoms with Crippen LogP contribution in [0.2, 0.25) is 0 Å². The molecule has 1 heterocycles. The predicted octanol–water partition coefficient (Wildman–Crippen LogP) is 1.87. The summed E-state index contributed by atoms with van der Waals surface area (Å²) in [6.45, 7) is 7.07. The van der Waals surface area contributed by atoms with E-state index in [9.17, 15) is 0 Å². The van der Waals surface area contributed by atoms with Gasteiger partial charge in [-0.3, -0.25) is 0 Å². The number of hydrogen-bond donors (Lipinski definition) is 1. The molecular weight excluding hydrogens is 218 g/mol. The van der Waals surface area contributed by atoms with Crippen LogP contribution in [0.1, 0.15) is 12.5 Å². The number of rotatable bonds is 5. The predicted molar refractivity (Wildman–Crippen MR) is 65.6 cm³/mol. The van der Waals surface area contributed by atoms with Crippen molar-refractivity contribution in [3.63, 3.8) is 0 Å². The normalized spacial score (nSPS) is 12.6. The average molecular weight is 235 g/mol. The van der Waals surface area contributed by atoms with E-state index in [1.165, 1.54) is 0 Å². The molecule has 1 aromatic carbocycles. The summed E-state index contributed by atoms with van der Waals surface area (Å²) in [4.78, 5) is 0. The molecule has 0 radical (unpaired) electrons. The highest BCUT2D eigenvalue weighted by Crippen LogP contribution is 2.38. The Hall–Kier alpha value is -1.68. The summed E-state index contributed by atoms with van der Waals surface area (Å²) in [6.07, 6.45) is 0.752. The van der Waals surface area contributed by atoms with Crippen molar-refractivity contribution in [1.29, 1.82) is 0 Å². The van der Waals surface area contributed by atoms with E-state index in [2.05, 4.69) is 6.58 Å². The van der Waals surface area contributed by atoms with Crippen LogP contribution in [0.15, 0.2) is 24.3 Å². The summed E-state index contributed by atoms with van der Waals surface area (Å²) >= 11 is 0. The van der Waals surface area contributed by atoms with E-state index in [-0.39, 0.29) is 6.79 Å². The van der Waals surface area contributed by atoms with Gasteiger partial charge in [-0.2, -0.15) is 0 Å². The molecule has 0 aliphatic carbocycles. The molecule has 92 valence electrons. The first-order valence-corrected chi connectivity index (χ1v) is 5.60. The lowest BCUT2D eigenvalue weighted by molar-refractivity contribution is 0.174. The number of hydrogen-bond acceptors (Lipinski definition) is 4. The van der Waals surface area contributed by atoms with Crippen molar-refractivity contribution in [2.45, 2.75) is 13.3 Å². The highest BCUT2D eigenvalue weighted by Gasteiger charge is 2.17. The molecule has 0 saturated heterocycles. The first-order valence-electron chi connectivity index (χ1n) is 5.60. The maximum Gasteiger partial charge on any atom is 0.231 e. The first kappa shape index (κ1) is 11.8. The molecule has 1 aliphatic rings. The molecule has 0 unspecified atom stereocenters. The maximum absolute atomic E-state index is 5.69. The minimum absolute atomic E-state index is 0.265. The molecule has 0 saturated carbocycles. The molecule has 2 rings (SSSR count). The Morgan fingerprint density at radius 2 is 2.12 bits per heavy atom. The molecule has 2 N–H and O–H groups in total. The van der Waals surface area contributed by atoms with Crippen molar-refractivity contribution >= 4 is 0 Å². The van der Waals surface area contributed by atoms with Crippen molar-refractivity contribution in [2.24, 2.45) is 5.73 Å². The molecule has 0 bridgehead atoms. The van der Waals surface area contributed by atoms with Gasteiger partial charge in [-0.1, -0.05) is 6.58 Å². The molecule has 4 heteroatoms. The van der Waals surface area contributed by atoms with Gasteiger partial charge in [0.2, 0.25) is 6.79 Å². The van der Waals surface area contributed by atoms with E-state index in [1.54, 1.807) is 0 Å². The quantitative estimate of drug-likeness (QED) is 0.792. The van der Waals surface area contributed by atoms with Crippen LogP contribution in [0, 0.1) is 0 Å². The molecule has 0 fully saturated rings. The van der Waals surface area contributed by atoms with Crippen LogP contribution >= 0.6 is 0 Å². The van der Waals surface area contributed by atoms with E-state index in [0.717, 1.165) is 34.8 Å². The SMILES string of the molecule is C=C(C)COc1cc2c(cc1CCN)OCO2. The number of nitrogens with two attached hydrogens (primary N) is 1. The zero-order chi connectivity index (χ0) is 12.3. The fourth-order valence-electron chi connectivity index (χ4n) is 1.65. The van der Waals surface area contributed by atoms with Crippen molar-refractivity contribution in [3.8, 4) is 17.2 Å². The van der Waals surface area contributed by atoms with Crippen LogP contribution in [0.5, 0.6) is 17.2 Å². The Morgan fingerprint density at radius 1 is 1.41 bits per heavy atom. The Bertz CT molecular complexity index is 429. The number of fused-ring (bicyclic) bond motifs is 1. The summed E-state index contributed by atoms with van der Waals surface area (Å²) in [5, 5.41) is 0. The summed E-state index contributed by atoms with van der Waals surface area (Å²) in [5.41, 5.74) is 7.60. The Morgan fingerprint density at radius 3 is 2.76 bits per heavy atom. The molecule has 1 aromatic rings. The minimum atomic E-state index is 0.265. The van der Waals surface area contributed by atoms with Crippen LogP contribution < -0.4 is 19.9 Å². The summed E-state index contributed by atoms with van der Waals surface area (Å²) < 4.78 is 16.3. The highest BCUT2D eigenvalue weighted by atomic mass is 16.7. The van der Waals surface area contributed by atoms with Gasteiger partial charge in [0, 0.05) is 6.07 Å². The molecule has 0 amide bonds. The molecule has 0 atom stereocenters. The Labute approximate surface area is 101 Å². The van der Waals surface area contributed by atoms with E-state index >= 15 is 0 Å². The Kier molecular flexibility index (Phi) is 3.54. The van der Waals surface area contributed by atoms with Crippen LogP contribution in [-0.4, -0.2) is 19.9 Å². The lowest BCUT2D eigenvalue weighted by Gasteiger charge is -2.12. The zero-order valence-corrected chi connectivity index (χ0v) is 9.99. The van der Waals surface area contributed by atoms with Crippen LogP contribution in [0.3, 0.4) is 0 Å². The second-order valence-electron chi connectivity index (χ2n) is 4.10. The fourth-order valence-corrected chi connectivity index (χ4v) is 1.65. The second kappa shape index (κ2) is 5.10. The first-order chi connectivity index (χ1) is 8.20. The summed E-state index contributed by atoms with van der Waals surface area (Å²) in [7, 11) is 0. The van der Waals surface area contributed by atoms with E-state index < -0.39 is 0 Å². The molecule has 0 aromatic heterocycles. The number of benzene rings is 1. The largest absolute Gasteiger partial charge is 0.489 e. The minimum Gasteiger partial charge on any atom is -0.489 e. The second-order valence-corrected chi connectivity index (χ2v) is 4.10. The van der Waals surface area contributed by atoms with Gasteiger partial charge in [-0.25, -0.2) is 0 Å². The maximum atomic E-state index is 5.69. The van der Waals surface area contributed by atoms with Gasteiger partial charge >= 0.3 is 0 Å². The van der Waals surface area contributed by atoms with E-state index in [4.69, 9.17) is 19.9 Å². The molecular formula is C13H17NO3.